The summed E-state index contributed by atoms with van der Waals surface area (Å²) in [5, 5.41) is 0. The topological polar surface area (TPSA) is 0 Å². The first-order valence-corrected chi connectivity index (χ1v) is 11.7. The summed E-state index contributed by atoms with van der Waals surface area (Å²) in [4.78, 5) is 0. The van der Waals surface area contributed by atoms with Gasteiger partial charge in [0.05, 0.1) is 0 Å². The van der Waals surface area contributed by atoms with Crippen molar-refractivity contribution in [1.82, 2.24) is 0 Å². The third kappa shape index (κ3) is 5.90. The van der Waals surface area contributed by atoms with Crippen molar-refractivity contribution in [3.63, 3.8) is 0 Å². The predicted octanol–water partition coefficient (Wildman–Crippen LogP) is 9.34. The monoisotopic (exact) mass is 434 g/mol. The zero-order valence-corrected chi connectivity index (χ0v) is 18.6. The van der Waals surface area contributed by atoms with Crippen molar-refractivity contribution in [2.75, 3.05) is 0 Å². The summed E-state index contributed by atoms with van der Waals surface area (Å²) < 4.78 is 54.1. The fourth-order valence-electron chi connectivity index (χ4n) is 4.72. The molecule has 1 saturated carbocycles. The van der Waals surface area contributed by atoms with E-state index in [4.69, 9.17) is 0 Å². The molecular weight excluding hydrogens is 400 g/mol. The summed E-state index contributed by atoms with van der Waals surface area (Å²) in [6.45, 7) is 2.50. The van der Waals surface area contributed by atoms with Gasteiger partial charge < -0.3 is 0 Å². The summed E-state index contributed by atoms with van der Waals surface area (Å²) >= 11 is 0. The highest BCUT2D eigenvalue weighted by molar-refractivity contribution is 5.64. The Hall–Kier alpha value is -1.84. The van der Waals surface area contributed by atoms with E-state index in [0.717, 1.165) is 29.2 Å². The SMILES string of the molecule is CCCCCC[C@H]1CC[C@H](c2ccc(-c3ccc(C(F)(F)C(C)(F)F)cc3)cc2)CC1. The van der Waals surface area contributed by atoms with Gasteiger partial charge in [-0.25, -0.2) is 0 Å². The van der Waals surface area contributed by atoms with Crippen LogP contribution in [0.1, 0.15) is 88.7 Å². The van der Waals surface area contributed by atoms with Gasteiger partial charge in [0.15, 0.2) is 0 Å². The number of hydrogen-bond donors (Lipinski definition) is 0. The zero-order chi connectivity index (χ0) is 22.5. The first-order valence-electron chi connectivity index (χ1n) is 11.7. The molecule has 2 aromatic rings. The number of unbranched alkanes of at least 4 members (excludes halogenated alkanes) is 3. The van der Waals surface area contributed by atoms with Gasteiger partial charge in [0.2, 0.25) is 0 Å². The van der Waals surface area contributed by atoms with Crippen molar-refractivity contribution < 1.29 is 17.6 Å². The Kier molecular flexibility index (Phi) is 7.82. The molecule has 2 aromatic carbocycles. The molecule has 0 amide bonds. The Balaban J connectivity index is 1.57. The van der Waals surface area contributed by atoms with Crippen LogP contribution in [-0.4, -0.2) is 5.92 Å². The molecule has 4 heteroatoms. The van der Waals surface area contributed by atoms with Crippen molar-refractivity contribution in [2.24, 2.45) is 5.92 Å². The van der Waals surface area contributed by atoms with Gasteiger partial charge in [-0.1, -0.05) is 87.6 Å². The first kappa shape index (κ1) is 23.8. The second-order valence-corrected chi connectivity index (χ2v) is 9.23. The van der Waals surface area contributed by atoms with E-state index in [0.29, 0.717) is 5.92 Å². The number of alkyl halides is 4. The normalized spacial score (nSPS) is 20.1. The molecule has 0 N–H and O–H groups in total. The fraction of sp³-hybridized carbons (Fsp3) is 0.556. The van der Waals surface area contributed by atoms with Gasteiger partial charge in [-0.3, -0.25) is 0 Å². The predicted molar refractivity (Wildman–Crippen MR) is 120 cm³/mol. The molecule has 0 radical (unpaired) electrons. The molecule has 1 aliphatic carbocycles. The zero-order valence-electron chi connectivity index (χ0n) is 18.6. The highest BCUT2D eigenvalue weighted by Gasteiger charge is 2.53. The maximum atomic E-state index is 13.8. The van der Waals surface area contributed by atoms with Crippen molar-refractivity contribution in [3.8, 4) is 11.1 Å². The lowest BCUT2D eigenvalue weighted by Crippen LogP contribution is -2.34. The van der Waals surface area contributed by atoms with E-state index in [-0.39, 0.29) is 6.92 Å². The molecule has 0 unspecified atom stereocenters. The molecule has 1 aliphatic rings. The summed E-state index contributed by atoms with van der Waals surface area (Å²) in [6.07, 6.45) is 11.8. The Morgan fingerprint density at radius 3 is 1.81 bits per heavy atom. The molecule has 0 saturated heterocycles. The van der Waals surface area contributed by atoms with E-state index in [1.165, 1.54) is 75.5 Å². The molecule has 0 nitrogen and oxygen atoms in total. The summed E-state index contributed by atoms with van der Waals surface area (Å²) in [6, 6.07) is 13.5. The molecule has 0 bridgehead atoms. The van der Waals surface area contributed by atoms with E-state index in [9.17, 15) is 17.6 Å². The fourth-order valence-corrected chi connectivity index (χ4v) is 4.72. The van der Waals surface area contributed by atoms with Crippen LogP contribution in [0.15, 0.2) is 48.5 Å². The second kappa shape index (κ2) is 10.2. The Bertz CT molecular complexity index is 795. The van der Waals surface area contributed by atoms with Crippen LogP contribution >= 0.6 is 0 Å². The minimum Gasteiger partial charge on any atom is -0.200 e. The summed E-state index contributed by atoms with van der Waals surface area (Å²) in [5.74, 6) is -6.80. The minimum absolute atomic E-state index is 0.250. The number of rotatable bonds is 9. The van der Waals surface area contributed by atoms with E-state index in [1.807, 2.05) is 12.1 Å². The molecule has 0 spiro atoms. The molecular formula is C27H34F4. The first-order chi connectivity index (χ1) is 14.7. The van der Waals surface area contributed by atoms with E-state index in [2.05, 4.69) is 19.1 Å². The lowest BCUT2D eigenvalue weighted by Gasteiger charge is -2.29. The second-order valence-electron chi connectivity index (χ2n) is 9.23. The number of halogens is 4. The van der Waals surface area contributed by atoms with Crippen LogP contribution < -0.4 is 0 Å². The Morgan fingerprint density at radius 2 is 1.29 bits per heavy atom. The smallest absolute Gasteiger partial charge is 0.200 e. The Morgan fingerprint density at radius 1 is 0.742 bits per heavy atom. The number of hydrogen-bond acceptors (Lipinski definition) is 0. The molecule has 1 fully saturated rings. The molecule has 0 aliphatic heterocycles. The van der Waals surface area contributed by atoms with Crippen LogP contribution in [0.2, 0.25) is 0 Å². The average molecular weight is 435 g/mol. The lowest BCUT2D eigenvalue weighted by atomic mass is 9.77. The maximum Gasteiger partial charge on any atom is 0.335 e. The van der Waals surface area contributed by atoms with Crippen LogP contribution in [-0.2, 0) is 5.92 Å². The van der Waals surface area contributed by atoms with Crippen LogP contribution in [0.3, 0.4) is 0 Å². The van der Waals surface area contributed by atoms with Gasteiger partial charge in [-0.15, -0.1) is 0 Å². The van der Waals surface area contributed by atoms with Crippen molar-refractivity contribution in [2.45, 2.75) is 89.4 Å². The van der Waals surface area contributed by atoms with Gasteiger partial charge in [0, 0.05) is 12.5 Å². The third-order valence-corrected chi connectivity index (χ3v) is 6.83. The minimum atomic E-state index is -4.18. The standard InChI is InChI=1S/C27H34F4/c1-3-4-5-6-7-20-8-10-21(11-9-20)22-12-14-23(15-13-22)24-16-18-25(19-17-24)27(30,31)26(2,28)29/h12-21H,3-11H2,1-2H3/t20-,21-. The van der Waals surface area contributed by atoms with Crippen LogP contribution in [0, 0.1) is 5.92 Å². The summed E-state index contributed by atoms with van der Waals surface area (Å²) in [5.41, 5.74) is 2.33. The average Bonchev–Trinajstić information content (AvgIpc) is 2.77. The molecule has 3 rings (SSSR count). The third-order valence-electron chi connectivity index (χ3n) is 6.83. The Labute approximate surface area is 184 Å². The quantitative estimate of drug-likeness (QED) is 0.272. The van der Waals surface area contributed by atoms with Crippen molar-refractivity contribution in [3.05, 3.63) is 59.7 Å². The van der Waals surface area contributed by atoms with E-state index in [1.54, 1.807) is 0 Å². The van der Waals surface area contributed by atoms with Gasteiger partial charge in [0.1, 0.15) is 0 Å². The van der Waals surface area contributed by atoms with Crippen LogP contribution in [0.25, 0.3) is 11.1 Å². The van der Waals surface area contributed by atoms with Gasteiger partial charge in [-0.2, -0.15) is 17.6 Å². The lowest BCUT2D eigenvalue weighted by molar-refractivity contribution is -0.204. The van der Waals surface area contributed by atoms with Gasteiger partial charge in [0.25, 0.3) is 0 Å². The molecule has 31 heavy (non-hydrogen) atoms. The molecule has 0 aromatic heterocycles. The van der Waals surface area contributed by atoms with Gasteiger partial charge >= 0.3 is 11.8 Å². The highest BCUT2D eigenvalue weighted by Crippen LogP contribution is 2.43. The molecule has 170 valence electrons. The largest absolute Gasteiger partial charge is 0.335 e. The highest BCUT2D eigenvalue weighted by atomic mass is 19.3. The van der Waals surface area contributed by atoms with Crippen LogP contribution in [0.4, 0.5) is 17.6 Å². The van der Waals surface area contributed by atoms with Crippen LogP contribution in [0.5, 0.6) is 0 Å². The van der Waals surface area contributed by atoms with Crippen molar-refractivity contribution >= 4 is 0 Å². The van der Waals surface area contributed by atoms with E-state index >= 15 is 0 Å². The molecule has 0 atom stereocenters. The summed E-state index contributed by atoms with van der Waals surface area (Å²) in [7, 11) is 0. The van der Waals surface area contributed by atoms with Gasteiger partial charge in [-0.05, 0) is 54.2 Å². The maximum absolute atomic E-state index is 13.8. The van der Waals surface area contributed by atoms with E-state index < -0.39 is 17.4 Å². The molecule has 0 heterocycles. The van der Waals surface area contributed by atoms with Crippen molar-refractivity contribution in [1.29, 1.82) is 0 Å². The number of benzene rings is 2.